The second-order valence-electron chi connectivity index (χ2n) is 6.10. The Morgan fingerprint density at radius 3 is 2.62 bits per heavy atom. The zero-order valence-corrected chi connectivity index (χ0v) is 11.9. The van der Waals surface area contributed by atoms with Crippen LogP contribution in [0, 0.1) is 0 Å². The lowest BCUT2D eigenvalue weighted by Crippen LogP contribution is -2.47. The Morgan fingerprint density at radius 2 is 1.90 bits per heavy atom. The van der Waals surface area contributed by atoms with Crippen LogP contribution in [0.25, 0.3) is 0 Å². The molecule has 0 unspecified atom stereocenters. The van der Waals surface area contributed by atoms with Gasteiger partial charge in [-0.25, -0.2) is 0 Å². The molecule has 1 aromatic carbocycles. The van der Waals surface area contributed by atoms with E-state index >= 15 is 0 Å². The summed E-state index contributed by atoms with van der Waals surface area (Å²) in [6.45, 7) is 1.64. The van der Waals surface area contributed by atoms with Crippen molar-refractivity contribution in [1.29, 1.82) is 0 Å². The fraction of sp³-hybridized carbons (Fsp3) is 0.500. The molecule has 0 saturated heterocycles. The van der Waals surface area contributed by atoms with Crippen LogP contribution in [-0.4, -0.2) is 22.5 Å². The summed E-state index contributed by atoms with van der Waals surface area (Å²) in [5.41, 5.74) is 2.43. The molecular weight excluding hydrogens is 268 g/mol. The van der Waals surface area contributed by atoms with Crippen LogP contribution >= 0.6 is 0 Å². The molecule has 3 N–H and O–H groups in total. The van der Waals surface area contributed by atoms with Crippen LogP contribution in [0.5, 0.6) is 0 Å². The quantitative estimate of drug-likeness (QED) is 0.789. The first kappa shape index (κ1) is 14.1. The fourth-order valence-electron chi connectivity index (χ4n) is 3.44. The van der Waals surface area contributed by atoms with Crippen LogP contribution in [-0.2, 0) is 17.9 Å². The number of rotatable bonds is 4. The van der Waals surface area contributed by atoms with Gasteiger partial charge in [0.15, 0.2) is 0 Å². The SMILES string of the molecule is O=C(O)CC1(NC(=O)c2ccc3c(c2)CNC3)CCCC1. The number of carboxylic acid groups (broad SMARTS) is 1. The summed E-state index contributed by atoms with van der Waals surface area (Å²) in [5, 5.41) is 15.3. The van der Waals surface area contributed by atoms with E-state index in [2.05, 4.69) is 10.6 Å². The zero-order chi connectivity index (χ0) is 14.9. The van der Waals surface area contributed by atoms with Crippen LogP contribution in [0.3, 0.4) is 0 Å². The number of benzene rings is 1. The molecule has 1 aliphatic heterocycles. The van der Waals surface area contributed by atoms with Crippen molar-refractivity contribution in [3.63, 3.8) is 0 Å². The van der Waals surface area contributed by atoms with Gasteiger partial charge in [-0.3, -0.25) is 9.59 Å². The Kier molecular flexibility index (Phi) is 3.68. The standard InChI is InChI=1S/C16H20N2O3/c19-14(20)8-16(5-1-2-6-16)18-15(21)11-3-4-12-9-17-10-13(12)7-11/h3-4,7,17H,1-2,5-6,8-10H2,(H,18,21)(H,19,20). The van der Waals surface area contributed by atoms with Gasteiger partial charge in [0, 0.05) is 18.7 Å². The van der Waals surface area contributed by atoms with Crippen molar-refractivity contribution in [2.45, 2.75) is 50.7 Å². The molecule has 0 aromatic heterocycles. The molecule has 0 spiro atoms. The largest absolute Gasteiger partial charge is 0.481 e. The molecule has 1 fully saturated rings. The van der Waals surface area contributed by atoms with Gasteiger partial charge in [0.2, 0.25) is 0 Å². The Balaban J connectivity index is 1.77. The maximum atomic E-state index is 12.5. The van der Waals surface area contributed by atoms with E-state index < -0.39 is 11.5 Å². The monoisotopic (exact) mass is 288 g/mol. The minimum Gasteiger partial charge on any atom is -0.481 e. The van der Waals surface area contributed by atoms with Crippen molar-refractivity contribution in [1.82, 2.24) is 10.6 Å². The van der Waals surface area contributed by atoms with Gasteiger partial charge in [-0.1, -0.05) is 18.9 Å². The summed E-state index contributed by atoms with van der Waals surface area (Å²) in [5.74, 6) is -1.01. The lowest BCUT2D eigenvalue weighted by Gasteiger charge is -2.28. The molecule has 5 heteroatoms. The maximum Gasteiger partial charge on any atom is 0.305 e. The molecule has 1 saturated carbocycles. The minimum atomic E-state index is -0.852. The molecule has 1 amide bonds. The molecule has 0 radical (unpaired) electrons. The number of hydrogen-bond acceptors (Lipinski definition) is 3. The van der Waals surface area contributed by atoms with Crippen LogP contribution in [0.2, 0.25) is 0 Å². The highest BCUT2D eigenvalue weighted by Gasteiger charge is 2.37. The van der Waals surface area contributed by atoms with Gasteiger partial charge in [0.05, 0.1) is 12.0 Å². The van der Waals surface area contributed by atoms with E-state index in [-0.39, 0.29) is 12.3 Å². The number of fused-ring (bicyclic) bond motifs is 1. The molecule has 3 rings (SSSR count). The van der Waals surface area contributed by atoms with Crippen molar-refractivity contribution in [3.8, 4) is 0 Å². The summed E-state index contributed by atoms with van der Waals surface area (Å²) in [6, 6.07) is 5.71. The van der Waals surface area contributed by atoms with Gasteiger partial charge in [-0.05, 0) is 36.1 Å². The van der Waals surface area contributed by atoms with E-state index in [1.807, 2.05) is 18.2 Å². The Morgan fingerprint density at radius 1 is 1.19 bits per heavy atom. The number of carbonyl (C=O) groups excluding carboxylic acids is 1. The molecule has 0 atom stereocenters. The number of hydrogen-bond donors (Lipinski definition) is 3. The van der Waals surface area contributed by atoms with E-state index in [0.29, 0.717) is 5.56 Å². The summed E-state index contributed by atoms with van der Waals surface area (Å²) in [7, 11) is 0. The summed E-state index contributed by atoms with van der Waals surface area (Å²) in [6.07, 6.45) is 3.45. The summed E-state index contributed by atoms with van der Waals surface area (Å²) < 4.78 is 0. The van der Waals surface area contributed by atoms with Gasteiger partial charge in [0.25, 0.3) is 5.91 Å². The molecule has 21 heavy (non-hydrogen) atoms. The van der Waals surface area contributed by atoms with E-state index in [1.165, 1.54) is 5.56 Å². The first-order chi connectivity index (χ1) is 10.1. The van der Waals surface area contributed by atoms with Gasteiger partial charge < -0.3 is 15.7 Å². The highest BCUT2D eigenvalue weighted by atomic mass is 16.4. The number of amides is 1. The average Bonchev–Trinajstić information content (AvgIpc) is 3.06. The molecule has 2 aliphatic rings. The lowest BCUT2D eigenvalue weighted by molar-refractivity contribution is -0.138. The predicted octanol–water partition coefficient (Wildman–Crippen LogP) is 1.81. The summed E-state index contributed by atoms with van der Waals surface area (Å²) in [4.78, 5) is 23.5. The van der Waals surface area contributed by atoms with Crippen molar-refractivity contribution >= 4 is 11.9 Å². The van der Waals surface area contributed by atoms with Gasteiger partial charge in [0.1, 0.15) is 0 Å². The van der Waals surface area contributed by atoms with E-state index in [9.17, 15) is 9.59 Å². The van der Waals surface area contributed by atoms with E-state index in [4.69, 9.17) is 5.11 Å². The summed E-state index contributed by atoms with van der Waals surface area (Å²) >= 11 is 0. The Bertz CT molecular complexity index is 577. The maximum absolute atomic E-state index is 12.5. The fourth-order valence-corrected chi connectivity index (χ4v) is 3.44. The van der Waals surface area contributed by atoms with Crippen LogP contribution in [0.15, 0.2) is 18.2 Å². The second kappa shape index (κ2) is 5.48. The Hall–Kier alpha value is -1.88. The Labute approximate surface area is 123 Å². The molecular formula is C16H20N2O3. The molecule has 1 heterocycles. The smallest absolute Gasteiger partial charge is 0.305 e. The van der Waals surface area contributed by atoms with Crippen LogP contribution < -0.4 is 10.6 Å². The number of carboxylic acids is 1. The van der Waals surface area contributed by atoms with Crippen molar-refractivity contribution in [2.75, 3.05) is 0 Å². The second-order valence-corrected chi connectivity index (χ2v) is 6.10. The molecule has 0 bridgehead atoms. The highest BCUT2D eigenvalue weighted by molar-refractivity contribution is 5.95. The van der Waals surface area contributed by atoms with Gasteiger partial charge in [-0.2, -0.15) is 0 Å². The van der Waals surface area contributed by atoms with E-state index in [0.717, 1.165) is 44.3 Å². The molecule has 112 valence electrons. The molecule has 5 nitrogen and oxygen atoms in total. The lowest BCUT2D eigenvalue weighted by atomic mass is 9.92. The topological polar surface area (TPSA) is 78.4 Å². The molecule has 1 aliphatic carbocycles. The first-order valence-electron chi connectivity index (χ1n) is 7.45. The number of carbonyl (C=O) groups is 2. The third kappa shape index (κ3) is 2.93. The van der Waals surface area contributed by atoms with Gasteiger partial charge in [-0.15, -0.1) is 0 Å². The first-order valence-corrected chi connectivity index (χ1v) is 7.45. The van der Waals surface area contributed by atoms with Crippen molar-refractivity contribution in [3.05, 3.63) is 34.9 Å². The average molecular weight is 288 g/mol. The minimum absolute atomic E-state index is 0.00519. The molecule has 1 aromatic rings. The van der Waals surface area contributed by atoms with Crippen molar-refractivity contribution < 1.29 is 14.7 Å². The predicted molar refractivity (Wildman–Crippen MR) is 77.9 cm³/mol. The zero-order valence-electron chi connectivity index (χ0n) is 11.9. The van der Waals surface area contributed by atoms with E-state index in [1.54, 1.807) is 0 Å². The van der Waals surface area contributed by atoms with Crippen molar-refractivity contribution in [2.24, 2.45) is 0 Å². The van der Waals surface area contributed by atoms with Crippen LogP contribution in [0.4, 0.5) is 0 Å². The normalized spacial score (nSPS) is 19.2. The number of aliphatic carboxylic acids is 1. The number of nitrogens with one attached hydrogen (secondary N) is 2. The highest BCUT2D eigenvalue weighted by Crippen LogP contribution is 2.33. The third-order valence-corrected chi connectivity index (χ3v) is 4.53. The third-order valence-electron chi connectivity index (χ3n) is 4.53. The van der Waals surface area contributed by atoms with Gasteiger partial charge >= 0.3 is 5.97 Å². The van der Waals surface area contributed by atoms with Crippen LogP contribution in [0.1, 0.15) is 53.6 Å².